The van der Waals surface area contributed by atoms with Crippen LogP contribution in [0.15, 0.2) is 72.4 Å². The molecular weight excluding hydrogens is 460 g/mol. The van der Waals surface area contributed by atoms with Gasteiger partial charge >= 0.3 is 0 Å². The molecule has 2 unspecified atom stereocenters. The Hall–Kier alpha value is -1.98. The number of aliphatic hydroxyl groups is 3. The second-order valence-electron chi connectivity index (χ2n) is 10.6. The summed E-state index contributed by atoms with van der Waals surface area (Å²) >= 11 is 0. The van der Waals surface area contributed by atoms with E-state index in [-0.39, 0.29) is 0 Å². The summed E-state index contributed by atoms with van der Waals surface area (Å²) in [7, 11) is 1.00. The quantitative estimate of drug-likeness (QED) is 0.350. The van der Waals surface area contributed by atoms with Gasteiger partial charge in [0.2, 0.25) is 0 Å². The lowest BCUT2D eigenvalue weighted by Crippen LogP contribution is -2.33. The first kappa shape index (κ1) is 31.2. The van der Waals surface area contributed by atoms with Crippen LogP contribution in [-0.4, -0.2) is 47.9 Å². The minimum absolute atomic E-state index is 0.338. The summed E-state index contributed by atoms with van der Waals surface area (Å²) in [4.78, 5) is 0. The number of allylic oxidation sites excluding steroid dienone is 3. The molecule has 3 aliphatic rings. The molecule has 4 rings (SSSR count). The van der Waals surface area contributed by atoms with Crippen LogP contribution in [0, 0.1) is 17.3 Å². The van der Waals surface area contributed by atoms with E-state index in [4.69, 9.17) is 9.84 Å². The van der Waals surface area contributed by atoms with Crippen LogP contribution in [0.1, 0.15) is 77.7 Å². The van der Waals surface area contributed by atoms with Gasteiger partial charge in [-0.3, -0.25) is 0 Å². The Morgan fingerprint density at radius 1 is 1.11 bits per heavy atom. The molecule has 3 N–H and O–H groups in total. The van der Waals surface area contributed by atoms with E-state index < -0.39 is 12.2 Å². The van der Waals surface area contributed by atoms with E-state index in [1.54, 1.807) is 5.57 Å². The van der Waals surface area contributed by atoms with E-state index in [1.807, 2.05) is 32.0 Å². The first-order chi connectivity index (χ1) is 17.9. The highest BCUT2D eigenvalue weighted by atomic mass is 16.5. The summed E-state index contributed by atoms with van der Waals surface area (Å²) in [5, 5.41) is 27.2. The predicted molar refractivity (Wildman–Crippen MR) is 155 cm³/mol. The van der Waals surface area contributed by atoms with Crippen molar-refractivity contribution in [2.75, 3.05) is 20.3 Å². The maximum Gasteiger partial charge on any atom is 0.0811 e. The van der Waals surface area contributed by atoms with Crippen molar-refractivity contribution in [1.29, 1.82) is 0 Å². The van der Waals surface area contributed by atoms with Crippen molar-refractivity contribution in [2.24, 2.45) is 17.3 Å². The Kier molecular flexibility index (Phi) is 13.0. The number of hydrogen-bond donors (Lipinski definition) is 3. The lowest BCUT2D eigenvalue weighted by Gasteiger charge is -2.42. The highest BCUT2D eigenvalue weighted by Crippen LogP contribution is 2.58. The highest BCUT2D eigenvalue weighted by molar-refractivity contribution is 5.63. The third kappa shape index (κ3) is 8.00. The van der Waals surface area contributed by atoms with Gasteiger partial charge in [0.05, 0.1) is 18.8 Å². The monoisotopic (exact) mass is 510 g/mol. The highest BCUT2D eigenvalue weighted by Gasteiger charge is 2.48. The lowest BCUT2D eigenvalue weighted by atomic mass is 9.63. The summed E-state index contributed by atoms with van der Waals surface area (Å²) in [5.41, 5.74) is 5.85. The number of aliphatic hydroxyl groups excluding tert-OH is 3. The standard InChI is InChI=1S/C30H40O3.C2H6.CH4O/c1-21(23-8-5-4-6-9-23)20-33-17-15-26-13-14-28-24(10-7-16-30(26,28)3)11-12-25-18-27(31)19-29(32)22(25)2;2*1-2/h4-6,8-9,11-12,26-29,31-32H,1-2,7,10,13-20H2,3H3;1-2H3;2H,1H3/b24-11+,25-12-;;/t26-,27-,28+,29?,30?;;/m1../s1. The normalized spacial score (nSPS) is 31.2. The Balaban J connectivity index is 0.00000115. The number of ether oxygens (including phenoxy) is 1. The summed E-state index contributed by atoms with van der Waals surface area (Å²) < 4.78 is 6.04. The van der Waals surface area contributed by atoms with Gasteiger partial charge in [-0.25, -0.2) is 0 Å². The zero-order valence-electron chi connectivity index (χ0n) is 23.6. The first-order valence-corrected chi connectivity index (χ1v) is 14.1. The molecule has 1 aromatic carbocycles. The van der Waals surface area contributed by atoms with Gasteiger partial charge in [-0.2, -0.15) is 0 Å². The van der Waals surface area contributed by atoms with E-state index in [0.717, 1.165) is 48.8 Å². The van der Waals surface area contributed by atoms with Gasteiger partial charge in [-0.15, -0.1) is 0 Å². The van der Waals surface area contributed by atoms with Crippen LogP contribution in [0.3, 0.4) is 0 Å². The largest absolute Gasteiger partial charge is 0.400 e. The molecule has 0 saturated heterocycles. The number of benzene rings is 1. The number of rotatable bonds is 7. The van der Waals surface area contributed by atoms with Crippen molar-refractivity contribution in [3.05, 3.63) is 77.9 Å². The molecule has 0 aliphatic heterocycles. The fourth-order valence-electron chi connectivity index (χ4n) is 6.46. The minimum Gasteiger partial charge on any atom is -0.400 e. The first-order valence-electron chi connectivity index (χ1n) is 14.1. The van der Waals surface area contributed by atoms with Gasteiger partial charge in [-0.1, -0.05) is 82.0 Å². The maximum atomic E-state index is 10.1. The van der Waals surface area contributed by atoms with E-state index in [0.29, 0.717) is 36.7 Å². The Bertz CT molecular complexity index is 916. The molecule has 4 nitrogen and oxygen atoms in total. The predicted octanol–water partition coefficient (Wildman–Crippen LogP) is 6.88. The van der Waals surface area contributed by atoms with Gasteiger partial charge < -0.3 is 20.1 Å². The maximum absolute atomic E-state index is 10.1. The zero-order chi connectivity index (χ0) is 27.4. The van der Waals surface area contributed by atoms with Crippen LogP contribution >= 0.6 is 0 Å². The molecule has 206 valence electrons. The molecule has 4 heteroatoms. The van der Waals surface area contributed by atoms with Gasteiger partial charge in [-0.05, 0) is 84.5 Å². The second-order valence-corrected chi connectivity index (χ2v) is 10.6. The molecule has 0 amide bonds. The molecule has 1 aromatic rings. The third-order valence-electron chi connectivity index (χ3n) is 8.49. The minimum atomic E-state index is -0.621. The molecule has 5 atom stereocenters. The summed E-state index contributed by atoms with van der Waals surface area (Å²) in [5.74, 6) is 1.32. The molecule has 3 fully saturated rings. The van der Waals surface area contributed by atoms with Crippen LogP contribution < -0.4 is 0 Å². The van der Waals surface area contributed by atoms with Crippen molar-refractivity contribution in [2.45, 2.75) is 84.3 Å². The molecule has 3 saturated carbocycles. The summed E-state index contributed by atoms with van der Waals surface area (Å²) in [6, 6.07) is 10.3. The van der Waals surface area contributed by atoms with Crippen LogP contribution in [0.2, 0.25) is 0 Å². The van der Waals surface area contributed by atoms with Gasteiger partial charge in [0.25, 0.3) is 0 Å². The topological polar surface area (TPSA) is 69.9 Å². The lowest BCUT2D eigenvalue weighted by molar-refractivity contribution is 0.0861. The van der Waals surface area contributed by atoms with Crippen molar-refractivity contribution in [1.82, 2.24) is 0 Å². The fourth-order valence-corrected chi connectivity index (χ4v) is 6.46. The van der Waals surface area contributed by atoms with Gasteiger partial charge in [0, 0.05) is 20.1 Å². The molecule has 0 heterocycles. The van der Waals surface area contributed by atoms with Crippen LogP contribution in [-0.2, 0) is 4.74 Å². The Labute approximate surface area is 225 Å². The van der Waals surface area contributed by atoms with Crippen molar-refractivity contribution in [3.63, 3.8) is 0 Å². The van der Waals surface area contributed by atoms with E-state index >= 15 is 0 Å². The molecular formula is C33H50O4. The number of hydrogen-bond acceptors (Lipinski definition) is 4. The number of fused-ring (bicyclic) bond motifs is 1. The van der Waals surface area contributed by atoms with E-state index in [9.17, 15) is 10.2 Å². The third-order valence-corrected chi connectivity index (χ3v) is 8.49. The van der Waals surface area contributed by atoms with Crippen LogP contribution in [0.4, 0.5) is 0 Å². The van der Waals surface area contributed by atoms with Crippen LogP contribution in [0.25, 0.3) is 5.57 Å². The van der Waals surface area contributed by atoms with Crippen molar-refractivity contribution >= 4 is 5.57 Å². The smallest absolute Gasteiger partial charge is 0.0811 e. The Morgan fingerprint density at radius 3 is 2.51 bits per heavy atom. The molecule has 0 spiro atoms. The van der Waals surface area contributed by atoms with Crippen molar-refractivity contribution in [3.8, 4) is 0 Å². The average Bonchev–Trinajstić information content (AvgIpc) is 3.27. The average molecular weight is 511 g/mol. The fraction of sp³-hybridized carbons (Fsp3) is 0.576. The Morgan fingerprint density at radius 2 is 1.81 bits per heavy atom. The molecule has 3 aliphatic carbocycles. The summed E-state index contributed by atoms with van der Waals surface area (Å²) in [6.45, 7) is 16.1. The van der Waals surface area contributed by atoms with E-state index in [1.165, 1.54) is 25.7 Å². The van der Waals surface area contributed by atoms with Gasteiger partial charge in [0.15, 0.2) is 0 Å². The zero-order valence-corrected chi connectivity index (χ0v) is 23.6. The molecule has 0 bridgehead atoms. The van der Waals surface area contributed by atoms with Crippen LogP contribution in [0.5, 0.6) is 0 Å². The second kappa shape index (κ2) is 15.4. The van der Waals surface area contributed by atoms with Crippen molar-refractivity contribution < 1.29 is 20.1 Å². The molecule has 37 heavy (non-hydrogen) atoms. The molecule has 0 aromatic heterocycles. The van der Waals surface area contributed by atoms with E-state index in [2.05, 4.69) is 44.4 Å². The SMILES string of the molecule is C=C(COCC[C@H]1CC[C@H]2/C(=C/C=C3/C[C@@H](O)CC(O)C3=C)CCCC12C)c1ccccc1.CC.CO. The molecule has 0 radical (unpaired) electrons. The summed E-state index contributed by atoms with van der Waals surface area (Å²) in [6.07, 6.45) is 11.6. The van der Waals surface area contributed by atoms with Gasteiger partial charge in [0.1, 0.15) is 0 Å².